The molecule has 1 atom stereocenters. The predicted octanol–water partition coefficient (Wildman–Crippen LogP) is 2.90. The number of nitrogens with one attached hydrogen (secondary N) is 2. The maximum Gasteiger partial charge on any atom is 0.424 e. The quantitative estimate of drug-likeness (QED) is 0.578. The van der Waals surface area contributed by atoms with E-state index in [4.69, 9.17) is 0 Å². The molecule has 1 heterocycles. The summed E-state index contributed by atoms with van der Waals surface area (Å²) in [6.07, 6.45) is -6.51. The van der Waals surface area contributed by atoms with E-state index in [1.165, 1.54) is 18.2 Å². The maximum absolute atomic E-state index is 13.6. The lowest BCUT2D eigenvalue weighted by Crippen LogP contribution is -2.49. The normalized spacial score (nSPS) is 13.7. The van der Waals surface area contributed by atoms with Crippen molar-refractivity contribution < 1.29 is 27.9 Å². The number of alkyl halides is 3. The average molecular weight is 409 g/mol. The van der Waals surface area contributed by atoms with E-state index in [1.54, 1.807) is 36.4 Å². The second-order valence-corrected chi connectivity index (χ2v) is 6.92. The Hall–Kier alpha value is -2.98. The van der Waals surface area contributed by atoms with Gasteiger partial charge in [-0.25, -0.2) is 4.98 Å². The number of fused-ring (bicyclic) bond motifs is 1. The molecule has 0 saturated heterocycles. The fourth-order valence-corrected chi connectivity index (χ4v) is 3.48. The van der Waals surface area contributed by atoms with E-state index in [9.17, 15) is 27.9 Å². The molecule has 0 saturated carbocycles. The number of para-hydroxylation sites is 1. The van der Waals surface area contributed by atoms with E-state index in [0.29, 0.717) is 16.0 Å². The zero-order chi connectivity index (χ0) is 20.4. The van der Waals surface area contributed by atoms with Gasteiger partial charge in [-0.2, -0.15) is 13.2 Å². The van der Waals surface area contributed by atoms with Gasteiger partial charge < -0.3 is 5.11 Å². The molecule has 10 heteroatoms. The summed E-state index contributed by atoms with van der Waals surface area (Å²) in [4.78, 5) is 27.7. The molecule has 2 aromatic carbocycles. The highest BCUT2D eigenvalue weighted by Crippen LogP contribution is 2.44. The largest absolute Gasteiger partial charge is 0.424 e. The van der Waals surface area contributed by atoms with Crippen molar-refractivity contribution in [3.63, 3.8) is 0 Å². The van der Waals surface area contributed by atoms with Crippen LogP contribution in [0.25, 0.3) is 10.2 Å². The number of carbonyl (C=O) groups is 2. The van der Waals surface area contributed by atoms with Gasteiger partial charge in [0.15, 0.2) is 0 Å². The Bertz CT molecular complexity index is 974. The number of rotatable bonds is 4. The smallest absolute Gasteiger partial charge is 0.374 e. The van der Waals surface area contributed by atoms with E-state index < -0.39 is 35.0 Å². The zero-order valence-corrected chi connectivity index (χ0v) is 15.0. The zero-order valence-electron chi connectivity index (χ0n) is 14.2. The standard InChI is InChI=1S/C18H14F3N3O3S/c19-18(20,21)17(27,16-22-12-8-4-5-9-13(12)28-16)10-14(25)23-24-15(26)11-6-2-1-3-7-11/h1-9,27H,10H2,(H,23,25)(H,24,26)/t17-/m1/s1. The fraction of sp³-hybridized carbons (Fsp3) is 0.167. The van der Waals surface area contributed by atoms with Gasteiger partial charge in [0.25, 0.3) is 5.91 Å². The molecular weight excluding hydrogens is 395 g/mol. The fourth-order valence-electron chi connectivity index (χ4n) is 2.41. The molecule has 0 spiro atoms. The third kappa shape index (κ3) is 3.97. The van der Waals surface area contributed by atoms with Gasteiger partial charge in [0.2, 0.25) is 11.5 Å². The van der Waals surface area contributed by atoms with Crippen molar-refractivity contribution in [2.45, 2.75) is 18.2 Å². The van der Waals surface area contributed by atoms with Crippen LogP contribution in [0.3, 0.4) is 0 Å². The van der Waals surface area contributed by atoms with Crippen LogP contribution in [0.1, 0.15) is 21.8 Å². The van der Waals surface area contributed by atoms with Crippen LogP contribution in [0, 0.1) is 0 Å². The van der Waals surface area contributed by atoms with Crippen LogP contribution in [-0.4, -0.2) is 28.1 Å². The Balaban J connectivity index is 1.77. The van der Waals surface area contributed by atoms with E-state index in [0.717, 1.165) is 0 Å². The lowest BCUT2D eigenvalue weighted by molar-refractivity contribution is -0.267. The minimum Gasteiger partial charge on any atom is -0.374 e. The van der Waals surface area contributed by atoms with Gasteiger partial charge in [-0.1, -0.05) is 30.3 Å². The first-order valence-electron chi connectivity index (χ1n) is 8.00. The van der Waals surface area contributed by atoms with Gasteiger partial charge in [0, 0.05) is 5.56 Å². The number of aromatic nitrogens is 1. The van der Waals surface area contributed by atoms with Crippen LogP contribution in [0.4, 0.5) is 13.2 Å². The molecule has 0 aliphatic heterocycles. The number of carbonyl (C=O) groups excluding carboxylic acids is 2. The Morgan fingerprint density at radius 2 is 1.64 bits per heavy atom. The lowest BCUT2D eigenvalue weighted by atomic mass is 9.99. The van der Waals surface area contributed by atoms with Crippen molar-refractivity contribution >= 4 is 33.4 Å². The van der Waals surface area contributed by atoms with E-state index in [1.807, 2.05) is 10.9 Å². The maximum atomic E-state index is 13.6. The molecule has 0 unspecified atom stereocenters. The summed E-state index contributed by atoms with van der Waals surface area (Å²) in [7, 11) is 0. The summed E-state index contributed by atoms with van der Waals surface area (Å²) in [5.41, 5.74) is 0.909. The number of aliphatic hydroxyl groups is 1. The molecular formula is C18H14F3N3O3S. The summed E-state index contributed by atoms with van der Waals surface area (Å²) in [6.45, 7) is 0. The minimum atomic E-state index is -5.15. The Morgan fingerprint density at radius 1 is 1.00 bits per heavy atom. The molecule has 146 valence electrons. The summed E-state index contributed by atoms with van der Waals surface area (Å²) in [5, 5.41) is 9.67. The number of benzene rings is 2. The number of halogens is 3. The Kier molecular flexibility index (Phi) is 5.34. The molecule has 2 amide bonds. The highest BCUT2D eigenvalue weighted by Gasteiger charge is 2.58. The first-order chi connectivity index (χ1) is 13.2. The van der Waals surface area contributed by atoms with Crippen LogP contribution < -0.4 is 10.9 Å². The van der Waals surface area contributed by atoms with Crippen molar-refractivity contribution in [1.29, 1.82) is 0 Å². The van der Waals surface area contributed by atoms with Gasteiger partial charge in [-0.15, -0.1) is 11.3 Å². The third-order valence-corrected chi connectivity index (χ3v) is 5.07. The Morgan fingerprint density at radius 3 is 2.29 bits per heavy atom. The monoisotopic (exact) mass is 409 g/mol. The number of amides is 2. The van der Waals surface area contributed by atoms with Gasteiger partial charge in [-0.05, 0) is 24.3 Å². The summed E-state index contributed by atoms with van der Waals surface area (Å²) in [5.74, 6) is -1.92. The Labute approximate surface area is 161 Å². The van der Waals surface area contributed by atoms with Gasteiger partial charge >= 0.3 is 6.18 Å². The van der Waals surface area contributed by atoms with Crippen molar-refractivity contribution in [3.05, 3.63) is 65.2 Å². The van der Waals surface area contributed by atoms with Gasteiger partial charge in [-0.3, -0.25) is 20.4 Å². The molecule has 0 fully saturated rings. The van der Waals surface area contributed by atoms with Crippen LogP contribution in [-0.2, 0) is 10.4 Å². The third-order valence-electron chi connectivity index (χ3n) is 3.88. The first-order valence-corrected chi connectivity index (χ1v) is 8.82. The highest BCUT2D eigenvalue weighted by atomic mass is 32.1. The number of hydrazine groups is 1. The van der Waals surface area contributed by atoms with Crippen molar-refractivity contribution in [1.82, 2.24) is 15.8 Å². The molecule has 0 aliphatic carbocycles. The minimum absolute atomic E-state index is 0.208. The molecule has 0 radical (unpaired) electrons. The van der Waals surface area contributed by atoms with Crippen LogP contribution in [0.5, 0.6) is 0 Å². The highest BCUT2D eigenvalue weighted by molar-refractivity contribution is 7.18. The first kappa shape index (κ1) is 19.8. The van der Waals surface area contributed by atoms with Crippen LogP contribution in [0.15, 0.2) is 54.6 Å². The molecule has 3 aromatic rings. The molecule has 0 aliphatic rings. The SMILES string of the molecule is O=C(C[C@@](O)(c1nc2ccccc2s1)C(F)(F)F)NNC(=O)c1ccccc1. The molecule has 6 nitrogen and oxygen atoms in total. The molecule has 1 aromatic heterocycles. The average Bonchev–Trinajstić information content (AvgIpc) is 3.10. The summed E-state index contributed by atoms with van der Waals surface area (Å²) < 4.78 is 41.2. The van der Waals surface area contributed by atoms with Crippen molar-refractivity contribution in [2.75, 3.05) is 0 Å². The van der Waals surface area contributed by atoms with Crippen LogP contribution >= 0.6 is 11.3 Å². The summed E-state index contributed by atoms with van der Waals surface area (Å²) >= 11 is 0.646. The van der Waals surface area contributed by atoms with E-state index >= 15 is 0 Å². The van der Waals surface area contributed by atoms with Crippen molar-refractivity contribution in [3.8, 4) is 0 Å². The second kappa shape index (κ2) is 7.56. The number of hydrogen-bond donors (Lipinski definition) is 3. The second-order valence-electron chi connectivity index (χ2n) is 5.89. The predicted molar refractivity (Wildman–Crippen MR) is 96.2 cm³/mol. The number of nitrogens with zero attached hydrogens (tertiary/aromatic N) is 1. The van der Waals surface area contributed by atoms with Gasteiger partial charge in [0.1, 0.15) is 5.01 Å². The van der Waals surface area contributed by atoms with Gasteiger partial charge in [0.05, 0.1) is 16.6 Å². The van der Waals surface area contributed by atoms with E-state index in [-0.39, 0.29) is 11.1 Å². The number of thiazole rings is 1. The van der Waals surface area contributed by atoms with Crippen LogP contribution in [0.2, 0.25) is 0 Å². The summed E-state index contributed by atoms with van der Waals surface area (Å²) in [6, 6.07) is 14.1. The van der Waals surface area contributed by atoms with E-state index in [2.05, 4.69) is 4.98 Å². The molecule has 3 rings (SSSR count). The number of hydrogen-bond acceptors (Lipinski definition) is 5. The topological polar surface area (TPSA) is 91.3 Å². The molecule has 3 N–H and O–H groups in total. The van der Waals surface area contributed by atoms with Crippen molar-refractivity contribution in [2.24, 2.45) is 0 Å². The molecule has 0 bridgehead atoms. The lowest BCUT2D eigenvalue weighted by Gasteiger charge is -2.27. The molecule has 28 heavy (non-hydrogen) atoms.